The summed E-state index contributed by atoms with van der Waals surface area (Å²) in [5.41, 5.74) is 3.54. The number of aromatic hydroxyl groups is 1. The van der Waals surface area contributed by atoms with Gasteiger partial charge in [0.25, 0.3) is 5.69 Å². The molecule has 0 aliphatic carbocycles. The van der Waals surface area contributed by atoms with Crippen molar-refractivity contribution in [2.45, 2.75) is 19.5 Å². The number of ether oxygens (including phenoxy) is 1. The van der Waals surface area contributed by atoms with Crippen molar-refractivity contribution in [3.8, 4) is 11.5 Å². The highest BCUT2D eigenvalue weighted by molar-refractivity contribution is 5.47. The number of likely N-dealkylation sites (N-methyl/N-ethyl adjacent to an activating group) is 1. The number of non-ortho nitro benzene ring substituents is 1. The Morgan fingerprint density at radius 3 is 2.58 bits per heavy atom. The van der Waals surface area contributed by atoms with E-state index in [4.69, 9.17) is 4.74 Å². The number of nitro benzene ring substituents is 1. The summed E-state index contributed by atoms with van der Waals surface area (Å²) in [6.45, 7) is 2.60. The van der Waals surface area contributed by atoms with Gasteiger partial charge in [-0.1, -0.05) is 0 Å². The Morgan fingerprint density at radius 1 is 1.25 bits per heavy atom. The summed E-state index contributed by atoms with van der Waals surface area (Å²) in [7, 11) is 3.74. The van der Waals surface area contributed by atoms with E-state index in [2.05, 4.69) is 7.05 Å². The first kappa shape index (κ1) is 16.3. The van der Waals surface area contributed by atoms with Gasteiger partial charge in [-0.05, 0) is 29.8 Å². The smallest absolute Gasteiger partial charge is 0.269 e. The molecular weight excluding hydrogens is 308 g/mol. The fourth-order valence-corrected chi connectivity index (χ4v) is 3.38. The van der Waals surface area contributed by atoms with Crippen LogP contribution in [0.3, 0.4) is 0 Å². The van der Waals surface area contributed by atoms with Crippen molar-refractivity contribution in [2.75, 3.05) is 20.7 Å². The predicted octanol–water partition coefficient (Wildman–Crippen LogP) is 3.01. The average molecular weight is 329 g/mol. The number of phenolic OH excluding ortho intramolecular Hbond substituents is 1. The van der Waals surface area contributed by atoms with Crippen LogP contribution in [0.5, 0.6) is 11.5 Å². The van der Waals surface area contributed by atoms with Gasteiger partial charge in [0, 0.05) is 29.7 Å². The van der Waals surface area contributed by atoms with Crippen LogP contribution < -0.4 is 4.74 Å². The zero-order chi connectivity index (χ0) is 17.3. The van der Waals surface area contributed by atoms with Gasteiger partial charge >= 0.3 is 0 Å². The third kappa shape index (κ3) is 3.19. The van der Waals surface area contributed by atoms with Gasteiger partial charge < -0.3 is 14.3 Å². The molecule has 6 heteroatoms. The van der Waals surface area contributed by atoms with Crippen molar-refractivity contribution in [3.63, 3.8) is 0 Å². The van der Waals surface area contributed by atoms with E-state index in [0.29, 0.717) is 5.75 Å². The monoisotopic (exact) mass is 329 g/mol. The molecule has 1 atom stereocenters. The standard InChI is InChI=1S/C18H20N2O4/c1-20(11-13-3-5-16(6-4-13)19(22)23)8-7-14-9-17(21)18(24-2)10-15(14)12-20/h3-6,9-10H,7-8,11-12H2,1-2H3/p+1. The second-order valence-corrected chi connectivity index (χ2v) is 6.63. The van der Waals surface area contributed by atoms with Crippen molar-refractivity contribution in [1.82, 2.24) is 0 Å². The molecule has 2 aromatic carbocycles. The minimum absolute atomic E-state index is 0.116. The maximum atomic E-state index is 10.8. The summed E-state index contributed by atoms with van der Waals surface area (Å²) in [5.74, 6) is 0.681. The molecule has 126 valence electrons. The molecule has 0 aromatic heterocycles. The lowest BCUT2D eigenvalue weighted by molar-refractivity contribution is -0.937. The number of nitro groups is 1. The van der Waals surface area contributed by atoms with Crippen LogP contribution in [0.25, 0.3) is 0 Å². The van der Waals surface area contributed by atoms with E-state index in [1.54, 1.807) is 25.3 Å². The SMILES string of the molecule is COc1cc2c(cc1O)CC[N+](C)(Cc1ccc([N+](=O)[O-])cc1)C2. The molecular formula is C18H21N2O4+. The lowest BCUT2D eigenvalue weighted by atomic mass is 9.96. The molecule has 1 unspecified atom stereocenters. The summed E-state index contributed by atoms with van der Waals surface area (Å²) in [4.78, 5) is 10.4. The molecule has 0 radical (unpaired) electrons. The average Bonchev–Trinajstić information content (AvgIpc) is 2.55. The number of quaternary nitrogens is 1. The molecule has 0 fully saturated rings. The molecule has 1 aliphatic heterocycles. The van der Waals surface area contributed by atoms with Gasteiger partial charge in [-0.25, -0.2) is 0 Å². The lowest BCUT2D eigenvalue weighted by Gasteiger charge is -2.39. The number of benzene rings is 2. The fraction of sp³-hybridized carbons (Fsp3) is 0.333. The van der Waals surface area contributed by atoms with Crippen LogP contribution in [0.15, 0.2) is 36.4 Å². The van der Waals surface area contributed by atoms with Gasteiger partial charge in [0.1, 0.15) is 13.1 Å². The van der Waals surface area contributed by atoms with Crippen LogP contribution in [0.2, 0.25) is 0 Å². The summed E-state index contributed by atoms with van der Waals surface area (Å²) in [5, 5.41) is 20.7. The third-order valence-corrected chi connectivity index (χ3v) is 4.69. The van der Waals surface area contributed by atoms with Crippen LogP contribution >= 0.6 is 0 Å². The normalized spacial score (nSPS) is 19.6. The van der Waals surface area contributed by atoms with Gasteiger partial charge in [-0.3, -0.25) is 10.1 Å². The number of hydrogen-bond acceptors (Lipinski definition) is 4. The first-order chi connectivity index (χ1) is 11.4. The molecule has 0 saturated heterocycles. The number of nitrogens with zero attached hydrogens (tertiary/aromatic N) is 2. The maximum Gasteiger partial charge on any atom is 0.269 e. The summed E-state index contributed by atoms with van der Waals surface area (Å²) >= 11 is 0. The number of hydrogen-bond donors (Lipinski definition) is 1. The highest BCUT2D eigenvalue weighted by Crippen LogP contribution is 2.34. The fourth-order valence-electron chi connectivity index (χ4n) is 3.38. The first-order valence-electron chi connectivity index (χ1n) is 7.86. The Bertz CT molecular complexity index is 773. The first-order valence-corrected chi connectivity index (χ1v) is 7.86. The molecule has 0 saturated carbocycles. The Hall–Kier alpha value is -2.60. The predicted molar refractivity (Wildman–Crippen MR) is 89.9 cm³/mol. The minimum atomic E-state index is -0.379. The van der Waals surface area contributed by atoms with Gasteiger partial charge in [-0.15, -0.1) is 0 Å². The van der Waals surface area contributed by atoms with Crippen LogP contribution in [-0.4, -0.2) is 35.2 Å². The van der Waals surface area contributed by atoms with Crippen LogP contribution in [0.4, 0.5) is 5.69 Å². The van der Waals surface area contributed by atoms with E-state index < -0.39 is 0 Å². The molecule has 1 heterocycles. The van der Waals surface area contributed by atoms with Crippen LogP contribution in [0, 0.1) is 10.1 Å². The number of rotatable bonds is 4. The Labute approximate surface area is 140 Å². The largest absolute Gasteiger partial charge is 0.504 e. The van der Waals surface area contributed by atoms with E-state index in [1.807, 2.05) is 18.2 Å². The quantitative estimate of drug-likeness (QED) is 0.532. The van der Waals surface area contributed by atoms with Crippen molar-refractivity contribution in [3.05, 3.63) is 63.2 Å². The van der Waals surface area contributed by atoms with Gasteiger partial charge in [0.05, 0.1) is 25.6 Å². The van der Waals surface area contributed by atoms with Gasteiger partial charge in [0.2, 0.25) is 0 Å². The molecule has 6 nitrogen and oxygen atoms in total. The second kappa shape index (κ2) is 6.13. The van der Waals surface area contributed by atoms with E-state index in [1.165, 1.54) is 5.56 Å². The van der Waals surface area contributed by atoms with Gasteiger partial charge in [0.15, 0.2) is 11.5 Å². The molecule has 1 aliphatic rings. The van der Waals surface area contributed by atoms with Crippen molar-refractivity contribution in [2.24, 2.45) is 0 Å². The topological polar surface area (TPSA) is 72.6 Å². The molecule has 0 bridgehead atoms. The second-order valence-electron chi connectivity index (χ2n) is 6.63. The molecule has 0 amide bonds. The minimum Gasteiger partial charge on any atom is -0.504 e. The molecule has 2 aromatic rings. The maximum absolute atomic E-state index is 10.8. The van der Waals surface area contributed by atoms with Crippen LogP contribution in [-0.2, 0) is 19.5 Å². The van der Waals surface area contributed by atoms with Crippen molar-refractivity contribution >= 4 is 5.69 Å². The molecule has 3 rings (SSSR count). The van der Waals surface area contributed by atoms with E-state index in [-0.39, 0.29) is 16.4 Å². The van der Waals surface area contributed by atoms with E-state index in [9.17, 15) is 15.2 Å². The van der Waals surface area contributed by atoms with Crippen LogP contribution in [0.1, 0.15) is 16.7 Å². The summed E-state index contributed by atoms with van der Waals surface area (Å²) in [6.07, 6.45) is 0.885. The highest BCUT2D eigenvalue weighted by atomic mass is 16.6. The molecule has 0 spiro atoms. The van der Waals surface area contributed by atoms with E-state index >= 15 is 0 Å². The molecule has 24 heavy (non-hydrogen) atoms. The molecule has 1 N–H and O–H groups in total. The number of phenols is 1. The van der Waals surface area contributed by atoms with Crippen molar-refractivity contribution in [1.29, 1.82) is 0 Å². The third-order valence-electron chi connectivity index (χ3n) is 4.69. The van der Waals surface area contributed by atoms with E-state index in [0.717, 1.165) is 41.7 Å². The summed E-state index contributed by atoms with van der Waals surface area (Å²) < 4.78 is 6.03. The Morgan fingerprint density at radius 2 is 1.96 bits per heavy atom. The highest BCUT2D eigenvalue weighted by Gasteiger charge is 2.30. The number of fused-ring (bicyclic) bond motifs is 1. The van der Waals surface area contributed by atoms with Crippen molar-refractivity contribution < 1.29 is 19.2 Å². The zero-order valence-corrected chi connectivity index (χ0v) is 13.9. The Kier molecular flexibility index (Phi) is 4.15. The lowest BCUT2D eigenvalue weighted by Crippen LogP contribution is -2.46. The Balaban J connectivity index is 1.80. The van der Waals surface area contributed by atoms with Gasteiger partial charge in [-0.2, -0.15) is 0 Å². The summed E-state index contributed by atoms with van der Waals surface area (Å²) in [6, 6.07) is 10.5. The zero-order valence-electron chi connectivity index (χ0n) is 13.9. The number of methoxy groups -OCH3 is 1.